The molecule has 1 aromatic carbocycles. The second kappa shape index (κ2) is 7.85. The predicted octanol–water partition coefficient (Wildman–Crippen LogP) is -0.126. The van der Waals surface area contributed by atoms with Gasteiger partial charge < -0.3 is 10.6 Å². The molecule has 0 saturated carbocycles. The lowest BCUT2D eigenvalue weighted by molar-refractivity contribution is 0.0965. The van der Waals surface area contributed by atoms with Gasteiger partial charge in [0.05, 0.1) is 17.7 Å². The van der Waals surface area contributed by atoms with Crippen LogP contribution in [0.15, 0.2) is 34.2 Å². The summed E-state index contributed by atoms with van der Waals surface area (Å²) in [6.07, 6.45) is 0. The molecule has 0 saturated heterocycles. The highest BCUT2D eigenvalue weighted by atomic mass is 35.5. The van der Waals surface area contributed by atoms with Gasteiger partial charge in [-0.05, 0) is 17.7 Å². The second-order valence-electron chi connectivity index (χ2n) is 5.22. The van der Waals surface area contributed by atoms with Gasteiger partial charge >= 0.3 is 0 Å². The number of halogens is 1. The van der Waals surface area contributed by atoms with Gasteiger partial charge in [-0.1, -0.05) is 23.7 Å². The minimum absolute atomic E-state index is 0.107. The Hall–Kier alpha value is -3.11. The molecule has 11 heteroatoms. The van der Waals surface area contributed by atoms with E-state index in [1.165, 1.54) is 21.2 Å². The standard InChI is InChI=1S/C15H18ClN7O3/c1-22(18)15(20-17)19-13(24)12-11(16)10(14(25)23(2)21-12)8-5-4-6-9(7-8)26-3/h4-7H,17-18H2,1-3H3,(H,19,20,24). The van der Waals surface area contributed by atoms with Crippen molar-refractivity contribution >= 4 is 23.5 Å². The number of hydrogen-bond acceptors (Lipinski definition) is 7. The van der Waals surface area contributed by atoms with Crippen molar-refractivity contribution < 1.29 is 9.53 Å². The topological polar surface area (TPSA) is 141 Å². The van der Waals surface area contributed by atoms with Crippen molar-refractivity contribution in [1.82, 2.24) is 20.1 Å². The zero-order valence-corrected chi connectivity index (χ0v) is 15.1. The first kappa shape index (κ1) is 19.2. The van der Waals surface area contributed by atoms with Crippen molar-refractivity contribution in [1.29, 1.82) is 0 Å². The van der Waals surface area contributed by atoms with Crippen molar-refractivity contribution in [3.8, 4) is 16.9 Å². The number of hydrogen-bond donors (Lipinski definition) is 3. The van der Waals surface area contributed by atoms with E-state index in [4.69, 9.17) is 28.0 Å². The van der Waals surface area contributed by atoms with E-state index < -0.39 is 11.5 Å². The maximum absolute atomic E-state index is 12.5. The Morgan fingerprint density at radius 1 is 1.46 bits per heavy atom. The van der Waals surface area contributed by atoms with E-state index >= 15 is 0 Å². The van der Waals surface area contributed by atoms with Crippen molar-refractivity contribution in [2.45, 2.75) is 0 Å². The van der Waals surface area contributed by atoms with Crippen molar-refractivity contribution in [3.05, 3.63) is 45.3 Å². The normalized spacial score (nSPS) is 11.2. The van der Waals surface area contributed by atoms with Crippen LogP contribution < -0.4 is 27.3 Å². The van der Waals surface area contributed by atoms with Crippen LogP contribution in [0.4, 0.5) is 0 Å². The molecule has 0 spiro atoms. The number of aryl methyl sites for hydroxylation is 1. The Morgan fingerprint density at radius 2 is 2.15 bits per heavy atom. The van der Waals surface area contributed by atoms with Gasteiger partial charge in [-0.3, -0.25) is 19.9 Å². The largest absolute Gasteiger partial charge is 0.497 e. The third kappa shape index (κ3) is 3.76. The first-order valence-corrected chi connectivity index (χ1v) is 7.66. The van der Waals surface area contributed by atoms with E-state index in [0.29, 0.717) is 11.3 Å². The number of nitrogens with one attached hydrogen (secondary N) is 1. The molecule has 0 radical (unpaired) electrons. The number of guanidine groups is 1. The lowest BCUT2D eigenvalue weighted by Crippen LogP contribution is -2.46. The summed E-state index contributed by atoms with van der Waals surface area (Å²) >= 11 is 6.32. The molecule has 2 aromatic rings. The summed E-state index contributed by atoms with van der Waals surface area (Å²) in [5, 5.41) is 10.5. The fourth-order valence-electron chi connectivity index (χ4n) is 2.16. The highest BCUT2D eigenvalue weighted by Crippen LogP contribution is 2.28. The van der Waals surface area contributed by atoms with Crippen LogP contribution in [0.2, 0.25) is 5.02 Å². The summed E-state index contributed by atoms with van der Waals surface area (Å²) < 4.78 is 6.18. The highest BCUT2D eigenvalue weighted by Gasteiger charge is 2.23. The number of nitrogens with zero attached hydrogens (tertiary/aromatic N) is 4. The zero-order valence-electron chi connectivity index (χ0n) is 14.4. The number of ether oxygens (including phenoxy) is 1. The number of aromatic nitrogens is 2. The molecule has 5 N–H and O–H groups in total. The molecule has 0 atom stereocenters. The van der Waals surface area contributed by atoms with E-state index in [-0.39, 0.29) is 22.2 Å². The molecule has 1 aromatic heterocycles. The lowest BCUT2D eigenvalue weighted by Gasteiger charge is -2.16. The van der Waals surface area contributed by atoms with Gasteiger partial charge in [0, 0.05) is 14.1 Å². The molecule has 0 aliphatic heterocycles. The molecule has 2 rings (SSSR count). The minimum Gasteiger partial charge on any atom is -0.497 e. The minimum atomic E-state index is -0.726. The smallest absolute Gasteiger partial charge is 0.280 e. The summed E-state index contributed by atoms with van der Waals surface area (Å²) in [5.74, 6) is 10.4. The maximum Gasteiger partial charge on any atom is 0.280 e. The summed E-state index contributed by atoms with van der Waals surface area (Å²) in [4.78, 5) is 25.0. The summed E-state index contributed by atoms with van der Waals surface area (Å²) in [5.41, 5.74) is -0.0614. The molecule has 0 fully saturated rings. The fraction of sp³-hybridized carbons (Fsp3) is 0.200. The first-order chi connectivity index (χ1) is 12.3. The number of hydrazone groups is 1. The van der Waals surface area contributed by atoms with Crippen LogP contribution in [-0.4, -0.2) is 40.8 Å². The molecular weight excluding hydrogens is 362 g/mol. The SMILES string of the molecule is COc1cccc(-c2c(Cl)c(C(=O)N/C(=N/N)N(C)N)nn(C)c2=O)c1. The van der Waals surface area contributed by atoms with Gasteiger partial charge in [0.1, 0.15) is 5.75 Å². The molecule has 138 valence electrons. The number of carbonyl (C=O) groups is 1. The van der Waals surface area contributed by atoms with E-state index in [1.54, 1.807) is 24.3 Å². The fourth-order valence-corrected chi connectivity index (χ4v) is 2.47. The van der Waals surface area contributed by atoms with Crippen LogP contribution in [0.25, 0.3) is 11.1 Å². The number of rotatable bonds is 3. The number of carbonyl (C=O) groups excluding carboxylic acids is 1. The predicted molar refractivity (Wildman–Crippen MR) is 97.5 cm³/mol. The lowest BCUT2D eigenvalue weighted by atomic mass is 10.1. The Labute approximate surface area is 153 Å². The average Bonchev–Trinajstić information content (AvgIpc) is 2.62. The van der Waals surface area contributed by atoms with Gasteiger partial charge in [-0.2, -0.15) is 5.10 Å². The second-order valence-corrected chi connectivity index (χ2v) is 5.59. The molecule has 1 amide bonds. The van der Waals surface area contributed by atoms with Crippen LogP contribution in [0, 0.1) is 0 Å². The molecule has 10 nitrogen and oxygen atoms in total. The van der Waals surface area contributed by atoms with E-state index in [2.05, 4.69) is 15.5 Å². The van der Waals surface area contributed by atoms with E-state index in [0.717, 1.165) is 9.69 Å². The molecule has 26 heavy (non-hydrogen) atoms. The Bertz CT molecular complexity index is 924. The van der Waals surface area contributed by atoms with Gasteiger partial charge in [0.25, 0.3) is 11.5 Å². The first-order valence-electron chi connectivity index (χ1n) is 7.29. The number of nitrogens with two attached hydrogens (primary N) is 2. The van der Waals surface area contributed by atoms with Crippen molar-refractivity contribution in [2.24, 2.45) is 23.8 Å². The van der Waals surface area contributed by atoms with Crippen LogP contribution in [0.5, 0.6) is 5.75 Å². The van der Waals surface area contributed by atoms with E-state index in [9.17, 15) is 9.59 Å². The van der Waals surface area contributed by atoms with Gasteiger partial charge in [-0.15, -0.1) is 5.10 Å². The third-order valence-corrected chi connectivity index (χ3v) is 3.81. The molecule has 0 unspecified atom stereocenters. The molecule has 1 heterocycles. The molecule has 0 bridgehead atoms. The summed E-state index contributed by atoms with van der Waals surface area (Å²) in [7, 11) is 4.34. The maximum atomic E-state index is 12.5. The van der Waals surface area contributed by atoms with Crippen LogP contribution in [-0.2, 0) is 7.05 Å². The van der Waals surface area contributed by atoms with E-state index in [1.807, 2.05) is 0 Å². The molecular formula is C15H18ClN7O3. The summed E-state index contributed by atoms with van der Waals surface area (Å²) in [6, 6.07) is 6.72. The van der Waals surface area contributed by atoms with Crippen LogP contribution in [0.1, 0.15) is 10.5 Å². The Balaban J connectivity index is 2.59. The van der Waals surface area contributed by atoms with Crippen LogP contribution >= 0.6 is 11.6 Å². The number of amides is 1. The quantitative estimate of drug-likeness (QED) is 0.292. The number of hydrazine groups is 1. The van der Waals surface area contributed by atoms with Gasteiger partial charge in [0.2, 0.25) is 5.96 Å². The van der Waals surface area contributed by atoms with Gasteiger partial charge in [-0.25, -0.2) is 10.5 Å². The zero-order chi connectivity index (χ0) is 19.4. The average molecular weight is 380 g/mol. The highest BCUT2D eigenvalue weighted by molar-refractivity contribution is 6.36. The third-order valence-electron chi connectivity index (χ3n) is 3.44. The molecule has 0 aliphatic rings. The monoisotopic (exact) mass is 379 g/mol. The number of methoxy groups -OCH3 is 1. The van der Waals surface area contributed by atoms with Crippen LogP contribution in [0.3, 0.4) is 0 Å². The van der Waals surface area contributed by atoms with Crippen molar-refractivity contribution in [2.75, 3.05) is 14.2 Å². The summed E-state index contributed by atoms with van der Waals surface area (Å²) in [6.45, 7) is 0. The Kier molecular flexibility index (Phi) is 5.80. The van der Waals surface area contributed by atoms with Gasteiger partial charge in [0.15, 0.2) is 5.69 Å². The molecule has 0 aliphatic carbocycles. The Morgan fingerprint density at radius 3 is 2.73 bits per heavy atom. The number of benzene rings is 1. The van der Waals surface area contributed by atoms with Crippen molar-refractivity contribution in [3.63, 3.8) is 0 Å².